The summed E-state index contributed by atoms with van der Waals surface area (Å²) in [4.78, 5) is 27.8. The lowest BCUT2D eigenvalue weighted by molar-refractivity contribution is -0.129. The van der Waals surface area contributed by atoms with Crippen molar-refractivity contribution in [3.05, 3.63) is 35.7 Å². The van der Waals surface area contributed by atoms with Crippen LogP contribution in [-0.4, -0.2) is 75.1 Å². The Morgan fingerprint density at radius 2 is 1.68 bits per heavy atom. The van der Waals surface area contributed by atoms with E-state index in [2.05, 4.69) is 10.2 Å². The number of hydrogen-bond acceptors (Lipinski definition) is 6. The molecule has 0 bridgehead atoms. The molecule has 1 aliphatic heterocycles. The summed E-state index contributed by atoms with van der Waals surface area (Å²) in [6.45, 7) is 8.10. The van der Waals surface area contributed by atoms with Crippen molar-refractivity contribution in [1.29, 1.82) is 0 Å². The number of piperazine rings is 1. The smallest absolute Gasteiger partial charge is 0.409 e. The summed E-state index contributed by atoms with van der Waals surface area (Å²) in [7, 11) is 0. The Kier molecular flexibility index (Phi) is 6.56. The van der Waals surface area contributed by atoms with E-state index in [9.17, 15) is 9.59 Å². The fourth-order valence-electron chi connectivity index (χ4n) is 3.00. The molecule has 0 radical (unpaired) electrons. The molecule has 3 rings (SSSR count). The van der Waals surface area contributed by atoms with Crippen molar-refractivity contribution >= 4 is 23.8 Å². The zero-order chi connectivity index (χ0) is 20.1. The van der Waals surface area contributed by atoms with Gasteiger partial charge in [-0.3, -0.25) is 9.36 Å². The van der Waals surface area contributed by atoms with Crippen LogP contribution in [0.5, 0.6) is 0 Å². The first-order valence-electron chi connectivity index (χ1n) is 9.31. The summed E-state index contributed by atoms with van der Waals surface area (Å²) in [5, 5.41) is 9.08. The van der Waals surface area contributed by atoms with Gasteiger partial charge in [0.15, 0.2) is 5.16 Å². The number of ether oxygens (including phenoxy) is 1. The minimum atomic E-state index is -0.314. The normalized spacial score (nSPS) is 14.2. The molecule has 2 heterocycles. The molecule has 150 valence electrons. The fourth-order valence-corrected chi connectivity index (χ4v) is 3.90. The highest BCUT2D eigenvalue weighted by Gasteiger charge is 2.25. The highest BCUT2D eigenvalue weighted by Crippen LogP contribution is 2.22. The number of aromatic nitrogens is 3. The number of thioether (sulfide) groups is 1. The molecule has 0 spiro atoms. The molecular weight excluding hydrogens is 378 g/mol. The van der Waals surface area contributed by atoms with Gasteiger partial charge in [0, 0.05) is 31.9 Å². The minimum absolute atomic E-state index is 0.0321. The van der Waals surface area contributed by atoms with Gasteiger partial charge >= 0.3 is 6.09 Å². The highest BCUT2D eigenvalue weighted by atomic mass is 32.2. The maximum Gasteiger partial charge on any atom is 0.409 e. The second-order valence-electron chi connectivity index (χ2n) is 6.56. The van der Waals surface area contributed by atoms with E-state index in [0.29, 0.717) is 37.9 Å². The average Bonchev–Trinajstić information content (AvgIpc) is 3.07. The van der Waals surface area contributed by atoms with Crippen molar-refractivity contribution in [2.24, 2.45) is 0 Å². The molecule has 0 aliphatic carbocycles. The van der Waals surface area contributed by atoms with Crippen molar-refractivity contribution in [3.63, 3.8) is 0 Å². The van der Waals surface area contributed by atoms with Gasteiger partial charge in [0.25, 0.3) is 0 Å². The summed E-state index contributed by atoms with van der Waals surface area (Å²) in [6.07, 6.45) is -0.314. The number of hydrogen-bond donors (Lipinski definition) is 0. The number of carbonyl (C=O) groups is 2. The molecule has 0 atom stereocenters. The van der Waals surface area contributed by atoms with Crippen LogP contribution >= 0.6 is 11.8 Å². The van der Waals surface area contributed by atoms with Crippen LogP contribution in [0.2, 0.25) is 0 Å². The van der Waals surface area contributed by atoms with E-state index >= 15 is 0 Å². The Labute approximate surface area is 168 Å². The molecular formula is C19H25N5O3S. The predicted molar refractivity (Wildman–Crippen MR) is 107 cm³/mol. The van der Waals surface area contributed by atoms with Crippen LogP contribution in [-0.2, 0) is 9.53 Å². The molecule has 1 saturated heterocycles. The van der Waals surface area contributed by atoms with Crippen LogP contribution in [0.25, 0.3) is 5.69 Å². The van der Waals surface area contributed by atoms with Crippen molar-refractivity contribution in [2.45, 2.75) is 25.9 Å². The Hall–Kier alpha value is -2.55. The number of nitrogens with zero attached hydrogens (tertiary/aromatic N) is 5. The van der Waals surface area contributed by atoms with E-state index in [-0.39, 0.29) is 17.8 Å². The van der Waals surface area contributed by atoms with Gasteiger partial charge in [-0.1, -0.05) is 29.5 Å². The molecule has 1 aromatic heterocycles. The van der Waals surface area contributed by atoms with E-state index in [0.717, 1.165) is 11.5 Å². The Bertz CT molecular complexity index is 829. The lowest BCUT2D eigenvalue weighted by Crippen LogP contribution is -2.51. The van der Waals surface area contributed by atoms with Gasteiger partial charge in [-0.05, 0) is 32.9 Å². The van der Waals surface area contributed by atoms with Crippen molar-refractivity contribution < 1.29 is 14.3 Å². The van der Waals surface area contributed by atoms with Crippen LogP contribution in [0.15, 0.2) is 29.4 Å². The van der Waals surface area contributed by atoms with Crippen LogP contribution < -0.4 is 0 Å². The molecule has 8 nitrogen and oxygen atoms in total. The van der Waals surface area contributed by atoms with Crippen molar-refractivity contribution in [3.8, 4) is 5.69 Å². The van der Waals surface area contributed by atoms with Gasteiger partial charge < -0.3 is 14.5 Å². The summed E-state index contributed by atoms with van der Waals surface area (Å²) in [5.41, 5.74) is 2.16. The maximum atomic E-state index is 12.6. The number of carbonyl (C=O) groups excluding carboxylic acids is 2. The average molecular weight is 404 g/mol. The number of amides is 2. The van der Waals surface area contributed by atoms with Gasteiger partial charge in [-0.15, -0.1) is 10.2 Å². The van der Waals surface area contributed by atoms with Crippen LogP contribution in [0.4, 0.5) is 4.79 Å². The summed E-state index contributed by atoms with van der Waals surface area (Å²) >= 11 is 1.38. The first-order valence-corrected chi connectivity index (χ1v) is 10.3. The quantitative estimate of drug-likeness (QED) is 0.713. The standard InChI is InChI=1S/C19H25N5O3S/c1-4-27-19(26)23-11-9-22(10-12-23)17(25)13-28-18-21-20-15(3)24(18)16-7-5-14(2)6-8-16/h5-8H,4,9-13H2,1-3H3. The zero-order valence-corrected chi connectivity index (χ0v) is 17.2. The number of rotatable bonds is 5. The first-order chi connectivity index (χ1) is 13.5. The van der Waals surface area contributed by atoms with E-state index in [1.807, 2.05) is 42.7 Å². The van der Waals surface area contributed by atoms with Crippen molar-refractivity contribution in [1.82, 2.24) is 24.6 Å². The monoisotopic (exact) mass is 403 g/mol. The number of aryl methyl sites for hydroxylation is 2. The lowest BCUT2D eigenvalue weighted by atomic mass is 10.2. The molecule has 2 aromatic rings. The molecule has 0 saturated carbocycles. The molecule has 28 heavy (non-hydrogen) atoms. The summed E-state index contributed by atoms with van der Waals surface area (Å²) in [5.74, 6) is 1.09. The fraction of sp³-hybridized carbons (Fsp3) is 0.474. The first kappa shape index (κ1) is 20.2. The minimum Gasteiger partial charge on any atom is -0.450 e. The third-order valence-electron chi connectivity index (χ3n) is 4.57. The zero-order valence-electron chi connectivity index (χ0n) is 16.4. The molecule has 0 N–H and O–H groups in total. The molecule has 9 heteroatoms. The van der Waals surface area contributed by atoms with Gasteiger partial charge in [0.1, 0.15) is 5.82 Å². The van der Waals surface area contributed by atoms with Gasteiger partial charge in [0.05, 0.1) is 12.4 Å². The second kappa shape index (κ2) is 9.09. The highest BCUT2D eigenvalue weighted by molar-refractivity contribution is 7.99. The van der Waals surface area contributed by atoms with Gasteiger partial charge in [0.2, 0.25) is 5.91 Å². The molecule has 1 fully saturated rings. The molecule has 2 amide bonds. The maximum absolute atomic E-state index is 12.6. The third-order valence-corrected chi connectivity index (χ3v) is 5.48. The Morgan fingerprint density at radius 3 is 2.32 bits per heavy atom. The second-order valence-corrected chi connectivity index (χ2v) is 7.50. The Balaban J connectivity index is 1.57. The van der Waals surface area contributed by atoms with E-state index in [1.54, 1.807) is 16.7 Å². The van der Waals surface area contributed by atoms with Gasteiger partial charge in [-0.2, -0.15) is 0 Å². The molecule has 1 aliphatic rings. The van der Waals surface area contributed by atoms with Crippen LogP contribution in [0, 0.1) is 13.8 Å². The van der Waals surface area contributed by atoms with Crippen molar-refractivity contribution in [2.75, 3.05) is 38.5 Å². The summed E-state index contributed by atoms with van der Waals surface area (Å²) < 4.78 is 6.96. The van der Waals surface area contributed by atoms with E-state index < -0.39 is 0 Å². The lowest BCUT2D eigenvalue weighted by Gasteiger charge is -2.34. The van der Waals surface area contributed by atoms with E-state index in [1.165, 1.54) is 17.3 Å². The molecule has 1 aromatic carbocycles. The van der Waals surface area contributed by atoms with E-state index in [4.69, 9.17) is 4.74 Å². The van der Waals surface area contributed by atoms with Crippen LogP contribution in [0.3, 0.4) is 0 Å². The predicted octanol–water partition coefficient (Wildman–Crippen LogP) is 2.28. The largest absolute Gasteiger partial charge is 0.450 e. The number of benzene rings is 1. The van der Waals surface area contributed by atoms with Crippen LogP contribution in [0.1, 0.15) is 18.3 Å². The van der Waals surface area contributed by atoms with Gasteiger partial charge in [-0.25, -0.2) is 4.79 Å². The third kappa shape index (κ3) is 4.64. The summed E-state index contributed by atoms with van der Waals surface area (Å²) in [6, 6.07) is 8.12. The topological polar surface area (TPSA) is 80.6 Å². The Morgan fingerprint density at radius 1 is 1.04 bits per heavy atom. The molecule has 0 unspecified atom stereocenters. The SMILES string of the molecule is CCOC(=O)N1CCN(C(=O)CSc2nnc(C)n2-c2ccc(C)cc2)CC1.